The monoisotopic (exact) mass is 273 g/mol. The van der Waals surface area contributed by atoms with Crippen molar-refractivity contribution >= 4 is 0 Å². The lowest BCUT2D eigenvalue weighted by molar-refractivity contribution is 0.0777. The quantitative estimate of drug-likeness (QED) is 0.877. The molecule has 2 rings (SSSR count). The summed E-state index contributed by atoms with van der Waals surface area (Å²) >= 11 is 0. The van der Waals surface area contributed by atoms with Crippen LogP contribution in [0.25, 0.3) is 0 Å². The molecule has 2 nitrogen and oxygen atoms in total. The van der Waals surface area contributed by atoms with Crippen LogP contribution >= 0.6 is 0 Å². The van der Waals surface area contributed by atoms with Crippen molar-refractivity contribution in [1.82, 2.24) is 5.32 Å². The van der Waals surface area contributed by atoms with E-state index in [2.05, 4.69) is 5.32 Å². The first kappa shape index (κ1) is 14.7. The Labute approximate surface area is 119 Å². The lowest BCUT2D eigenvalue weighted by Crippen LogP contribution is -2.41. The van der Waals surface area contributed by atoms with E-state index in [-0.39, 0.29) is 11.9 Å². The molecule has 106 valence electrons. The van der Waals surface area contributed by atoms with Gasteiger partial charge in [-0.2, -0.15) is 0 Å². The second kappa shape index (κ2) is 6.16. The average Bonchev–Trinajstić information content (AvgIpc) is 2.46. The Kier molecular flexibility index (Phi) is 4.53. The molecule has 0 fully saturated rings. The van der Waals surface area contributed by atoms with E-state index in [4.69, 9.17) is 0 Å². The van der Waals surface area contributed by atoms with Gasteiger partial charge >= 0.3 is 0 Å². The maximum atomic E-state index is 13.1. The Morgan fingerprint density at radius 1 is 1.00 bits per heavy atom. The van der Waals surface area contributed by atoms with Gasteiger partial charge in [0.25, 0.3) is 0 Å². The maximum absolute atomic E-state index is 13.1. The molecule has 1 unspecified atom stereocenters. The molecule has 0 aliphatic heterocycles. The van der Waals surface area contributed by atoms with Crippen molar-refractivity contribution in [2.45, 2.75) is 25.5 Å². The molecule has 0 saturated heterocycles. The van der Waals surface area contributed by atoms with Gasteiger partial charge < -0.3 is 10.4 Å². The molecule has 0 aliphatic rings. The first-order valence-corrected chi connectivity index (χ1v) is 6.80. The summed E-state index contributed by atoms with van der Waals surface area (Å²) in [4.78, 5) is 0. The predicted octanol–water partition coefficient (Wildman–Crippen LogP) is 3.06. The Bertz CT molecular complexity index is 539. The van der Waals surface area contributed by atoms with Gasteiger partial charge in [0.05, 0.1) is 0 Å². The third-order valence-corrected chi connectivity index (χ3v) is 3.34. The predicted molar refractivity (Wildman–Crippen MR) is 79.0 cm³/mol. The summed E-state index contributed by atoms with van der Waals surface area (Å²) in [7, 11) is 0. The number of benzene rings is 2. The van der Waals surface area contributed by atoms with Crippen molar-refractivity contribution in [3.05, 3.63) is 71.5 Å². The summed E-state index contributed by atoms with van der Waals surface area (Å²) in [6.07, 6.45) is 0. The van der Waals surface area contributed by atoms with Crippen molar-refractivity contribution in [3.63, 3.8) is 0 Å². The lowest BCUT2D eigenvalue weighted by Gasteiger charge is -2.30. The van der Waals surface area contributed by atoms with Crippen LogP contribution < -0.4 is 5.32 Å². The van der Waals surface area contributed by atoms with Gasteiger partial charge in [0.15, 0.2) is 0 Å². The minimum absolute atomic E-state index is 0.255. The third kappa shape index (κ3) is 3.24. The summed E-state index contributed by atoms with van der Waals surface area (Å²) in [6, 6.07) is 15.7. The number of hydrogen-bond donors (Lipinski definition) is 2. The number of halogens is 1. The lowest BCUT2D eigenvalue weighted by atomic mass is 9.86. The molecule has 1 atom stereocenters. The molecule has 0 amide bonds. The van der Waals surface area contributed by atoms with Crippen molar-refractivity contribution < 1.29 is 9.50 Å². The zero-order valence-electron chi connectivity index (χ0n) is 11.8. The van der Waals surface area contributed by atoms with Gasteiger partial charge in [0.2, 0.25) is 0 Å². The first-order valence-electron chi connectivity index (χ1n) is 6.80. The van der Waals surface area contributed by atoms with Crippen LogP contribution in [0.15, 0.2) is 54.6 Å². The summed E-state index contributed by atoms with van der Waals surface area (Å²) in [5.74, 6) is -0.305. The molecule has 2 N–H and O–H groups in total. The zero-order chi connectivity index (χ0) is 14.6. The van der Waals surface area contributed by atoms with Crippen LogP contribution in [-0.4, -0.2) is 17.7 Å². The van der Waals surface area contributed by atoms with Crippen LogP contribution in [0.1, 0.15) is 25.0 Å². The van der Waals surface area contributed by atoms with E-state index in [9.17, 15) is 9.50 Å². The maximum Gasteiger partial charge on any atom is 0.127 e. The van der Waals surface area contributed by atoms with Crippen LogP contribution in [0.5, 0.6) is 0 Å². The van der Waals surface area contributed by atoms with E-state index in [0.717, 1.165) is 5.56 Å². The van der Waals surface area contributed by atoms with Crippen LogP contribution in [-0.2, 0) is 5.60 Å². The van der Waals surface area contributed by atoms with Gasteiger partial charge in [0.1, 0.15) is 11.4 Å². The summed E-state index contributed by atoms with van der Waals surface area (Å²) in [5.41, 5.74) is 0.303. The first-order chi connectivity index (χ1) is 9.52. The minimum Gasteiger partial charge on any atom is -0.379 e. The number of rotatable bonds is 5. The van der Waals surface area contributed by atoms with Crippen molar-refractivity contribution in [3.8, 4) is 0 Å². The third-order valence-electron chi connectivity index (χ3n) is 3.34. The fourth-order valence-corrected chi connectivity index (χ4v) is 2.16. The molecule has 0 aromatic heterocycles. The normalized spacial score (nSPS) is 14.2. The molecule has 20 heavy (non-hydrogen) atoms. The van der Waals surface area contributed by atoms with Crippen LogP contribution in [0.4, 0.5) is 4.39 Å². The number of nitrogens with one attached hydrogen (secondary N) is 1. The van der Waals surface area contributed by atoms with Crippen LogP contribution in [0.2, 0.25) is 0 Å². The standard InChI is InChI=1S/C17H20FNO/c1-13(2)19-12-17(20,14-6-4-3-5-7-14)15-8-10-16(18)11-9-15/h3-11,13,19-20H,12H2,1-2H3. The van der Waals surface area contributed by atoms with Gasteiger partial charge in [0, 0.05) is 12.6 Å². The highest BCUT2D eigenvalue weighted by Gasteiger charge is 2.31. The van der Waals surface area contributed by atoms with Gasteiger partial charge in [-0.05, 0) is 23.3 Å². The highest BCUT2D eigenvalue weighted by atomic mass is 19.1. The SMILES string of the molecule is CC(C)NCC(O)(c1ccccc1)c1ccc(F)cc1. The van der Waals surface area contributed by atoms with Gasteiger partial charge in [-0.3, -0.25) is 0 Å². The highest BCUT2D eigenvalue weighted by molar-refractivity contribution is 5.36. The molecule has 0 radical (unpaired) electrons. The molecule has 0 spiro atoms. The molecule has 2 aromatic rings. The molecular formula is C17H20FNO. The fourth-order valence-electron chi connectivity index (χ4n) is 2.16. The molecule has 0 bridgehead atoms. The molecule has 2 aromatic carbocycles. The summed E-state index contributed by atoms with van der Waals surface area (Å²) in [5, 5.41) is 14.4. The highest BCUT2D eigenvalue weighted by Crippen LogP contribution is 2.29. The molecule has 0 saturated carbocycles. The van der Waals surface area contributed by atoms with E-state index in [1.165, 1.54) is 12.1 Å². The van der Waals surface area contributed by atoms with Crippen LogP contribution in [0.3, 0.4) is 0 Å². The molecule has 3 heteroatoms. The number of hydrogen-bond acceptors (Lipinski definition) is 2. The number of aliphatic hydroxyl groups is 1. The Hall–Kier alpha value is -1.71. The van der Waals surface area contributed by atoms with Gasteiger partial charge in [-0.25, -0.2) is 4.39 Å². The topological polar surface area (TPSA) is 32.3 Å². The van der Waals surface area contributed by atoms with E-state index in [1.807, 2.05) is 44.2 Å². The Morgan fingerprint density at radius 2 is 1.55 bits per heavy atom. The van der Waals surface area contributed by atoms with E-state index in [0.29, 0.717) is 12.1 Å². The smallest absolute Gasteiger partial charge is 0.127 e. The Morgan fingerprint density at radius 3 is 2.10 bits per heavy atom. The molecule has 0 heterocycles. The largest absolute Gasteiger partial charge is 0.379 e. The van der Waals surface area contributed by atoms with Crippen molar-refractivity contribution in [2.24, 2.45) is 0 Å². The van der Waals surface area contributed by atoms with E-state index in [1.54, 1.807) is 12.1 Å². The Balaban J connectivity index is 2.40. The minimum atomic E-state index is -1.17. The zero-order valence-corrected chi connectivity index (χ0v) is 11.8. The summed E-state index contributed by atoms with van der Waals surface area (Å²) in [6.45, 7) is 4.42. The molecular weight excluding hydrogens is 253 g/mol. The van der Waals surface area contributed by atoms with Gasteiger partial charge in [-0.1, -0.05) is 56.3 Å². The second-order valence-electron chi connectivity index (χ2n) is 5.27. The molecule has 0 aliphatic carbocycles. The van der Waals surface area contributed by atoms with Crippen LogP contribution in [0, 0.1) is 5.82 Å². The second-order valence-corrected chi connectivity index (χ2v) is 5.27. The average molecular weight is 273 g/mol. The van der Waals surface area contributed by atoms with E-state index < -0.39 is 5.60 Å². The van der Waals surface area contributed by atoms with Gasteiger partial charge in [-0.15, -0.1) is 0 Å². The van der Waals surface area contributed by atoms with Crippen molar-refractivity contribution in [2.75, 3.05) is 6.54 Å². The van der Waals surface area contributed by atoms with Crippen molar-refractivity contribution in [1.29, 1.82) is 0 Å². The van der Waals surface area contributed by atoms with E-state index >= 15 is 0 Å². The summed E-state index contributed by atoms with van der Waals surface area (Å²) < 4.78 is 13.1. The fraction of sp³-hybridized carbons (Fsp3) is 0.294.